The summed E-state index contributed by atoms with van der Waals surface area (Å²) in [6.07, 6.45) is 6.44. The zero-order valence-corrected chi connectivity index (χ0v) is 21.9. The van der Waals surface area contributed by atoms with Gasteiger partial charge < -0.3 is 0 Å². The summed E-state index contributed by atoms with van der Waals surface area (Å²) in [6, 6.07) is 0. The van der Waals surface area contributed by atoms with E-state index < -0.39 is 0 Å². The topological polar surface area (TPSA) is 37.4 Å². The second-order valence-corrected chi connectivity index (χ2v) is 9.93. The maximum atomic E-state index is 6.04. The number of thiol groups is 3. The fourth-order valence-corrected chi connectivity index (χ4v) is 4.47. The Labute approximate surface area is 201 Å². The Morgan fingerprint density at radius 3 is 1.03 bits per heavy atom. The Hall–Kier alpha value is 0.810. The van der Waals surface area contributed by atoms with Crippen LogP contribution in [0, 0.1) is 17.8 Å². The van der Waals surface area contributed by atoms with Crippen molar-refractivity contribution >= 4 is 37.9 Å². The van der Waals surface area contributed by atoms with Gasteiger partial charge in [-0.05, 0) is 73.5 Å². The lowest BCUT2D eigenvalue weighted by molar-refractivity contribution is -0.366. The molecule has 1 saturated heterocycles. The van der Waals surface area contributed by atoms with Gasteiger partial charge in [0.2, 0.25) is 0 Å². The van der Waals surface area contributed by atoms with Crippen LogP contribution in [0.25, 0.3) is 0 Å². The normalized spacial score (nSPS) is 19.8. The van der Waals surface area contributed by atoms with Crippen molar-refractivity contribution in [3.8, 4) is 0 Å². The second-order valence-electron chi connectivity index (χ2n) is 8.59. The van der Waals surface area contributed by atoms with Gasteiger partial charge >= 0.3 is 0 Å². The molecule has 3 atom stereocenters. The van der Waals surface area contributed by atoms with Gasteiger partial charge in [-0.25, -0.2) is 0 Å². The van der Waals surface area contributed by atoms with Crippen LogP contribution in [0.2, 0.25) is 0 Å². The Balaban J connectivity index is 2.45. The van der Waals surface area contributed by atoms with Crippen LogP contribution in [0.1, 0.15) is 59.3 Å². The maximum absolute atomic E-state index is 6.04. The van der Waals surface area contributed by atoms with E-state index in [4.69, 9.17) is 14.5 Å². The largest absolute Gasteiger partial charge is 0.296 e. The molecule has 6 nitrogen and oxygen atoms in total. The monoisotopic (exact) mass is 483 g/mol. The second kappa shape index (κ2) is 18.3. The molecule has 1 aliphatic rings. The summed E-state index contributed by atoms with van der Waals surface area (Å²) in [5.74, 6) is 4.62. The van der Waals surface area contributed by atoms with Crippen LogP contribution >= 0.6 is 37.9 Å². The Kier molecular flexibility index (Phi) is 17.6. The van der Waals surface area contributed by atoms with Crippen LogP contribution in [0.15, 0.2) is 0 Å². The number of hydrogen-bond acceptors (Lipinski definition) is 9. The smallest absolute Gasteiger partial charge is 0.103 e. The molecule has 0 bridgehead atoms. The first-order chi connectivity index (χ1) is 14.5. The number of nitrogens with zero attached hydrogens (tertiary/aromatic N) is 3. The van der Waals surface area contributed by atoms with Crippen molar-refractivity contribution in [2.24, 2.45) is 17.8 Å². The molecule has 0 amide bonds. The molecule has 30 heavy (non-hydrogen) atoms. The van der Waals surface area contributed by atoms with Gasteiger partial charge in [0.25, 0.3) is 0 Å². The molecule has 0 aromatic carbocycles. The molecule has 180 valence electrons. The van der Waals surface area contributed by atoms with Gasteiger partial charge in [-0.15, -0.1) is 0 Å². The fourth-order valence-electron chi connectivity index (χ4n) is 3.15. The first kappa shape index (κ1) is 28.8. The maximum Gasteiger partial charge on any atom is 0.103 e. The third kappa shape index (κ3) is 14.1. The van der Waals surface area contributed by atoms with E-state index in [1.54, 1.807) is 0 Å². The molecule has 0 aromatic rings. The van der Waals surface area contributed by atoms with E-state index in [-0.39, 0.29) is 0 Å². The van der Waals surface area contributed by atoms with Crippen LogP contribution < -0.4 is 0 Å². The third-order valence-electron chi connectivity index (χ3n) is 5.47. The van der Waals surface area contributed by atoms with Crippen molar-refractivity contribution < 1.29 is 14.5 Å². The molecule has 1 heterocycles. The van der Waals surface area contributed by atoms with Gasteiger partial charge in [-0.3, -0.25) is 14.5 Å². The SMILES string of the molecule is CC(CCS)CCON1CN(OCCC(C)CCS)CN(OCCC(C)CCS)C1. The van der Waals surface area contributed by atoms with Crippen molar-refractivity contribution in [1.29, 1.82) is 0 Å². The highest BCUT2D eigenvalue weighted by Crippen LogP contribution is 2.15. The van der Waals surface area contributed by atoms with Gasteiger partial charge in [0, 0.05) is 0 Å². The summed E-state index contributed by atoms with van der Waals surface area (Å²) in [4.78, 5) is 18.1. The zero-order valence-electron chi connectivity index (χ0n) is 19.2. The Morgan fingerprint density at radius 1 is 0.533 bits per heavy atom. The lowest BCUT2D eigenvalue weighted by Crippen LogP contribution is -2.54. The van der Waals surface area contributed by atoms with Crippen molar-refractivity contribution in [3.63, 3.8) is 0 Å². The summed E-state index contributed by atoms with van der Waals surface area (Å²) < 4.78 is 0. The molecule has 9 heteroatoms. The summed E-state index contributed by atoms with van der Waals surface area (Å²) in [6.45, 7) is 10.7. The zero-order chi connectivity index (χ0) is 22.2. The molecule has 0 spiro atoms. The predicted molar refractivity (Wildman–Crippen MR) is 135 cm³/mol. The molecule has 0 saturated carbocycles. The molecule has 0 radical (unpaired) electrons. The standard InChI is InChI=1S/C21H45N3O3S3/c1-19(7-13-28)4-10-25-22-16-23(26-11-5-20(2)8-14-29)18-24(17-22)27-12-6-21(3)9-15-30/h19-21,28-30H,4-18H2,1-3H3. The molecule has 0 N–H and O–H groups in total. The van der Waals surface area contributed by atoms with E-state index in [2.05, 4.69) is 58.7 Å². The van der Waals surface area contributed by atoms with E-state index in [1.165, 1.54) is 0 Å². The highest BCUT2D eigenvalue weighted by Gasteiger charge is 2.26. The number of hydrogen-bond donors (Lipinski definition) is 3. The minimum absolute atomic E-state index is 0.619. The molecule has 3 unspecified atom stereocenters. The minimum atomic E-state index is 0.619. The predicted octanol–water partition coefficient (Wildman–Crippen LogP) is 4.61. The van der Waals surface area contributed by atoms with Crippen molar-refractivity contribution in [2.75, 3.05) is 57.1 Å². The first-order valence-electron chi connectivity index (χ1n) is 11.4. The molecular formula is C21H45N3O3S3. The number of rotatable bonds is 18. The van der Waals surface area contributed by atoms with E-state index >= 15 is 0 Å². The van der Waals surface area contributed by atoms with Gasteiger partial charge in [0.15, 0.2) is 0 Å². The van der Waals surface area contributed by atoms with Crippen LogP contribution in [0.5, 0.6) is 0 Å². The summed E-state index contributed by atoms with van der Waals surface area (Å²) in [7, 11) is 0. The van der Waals surface area contributed by atoms with Crippen molar-refractivity contribution in [2.45, 2.75) is 59.3 Å². The quantitative estimate of drug-likeness (QED) is 0.247. The fraction of sp³-hybridized carbons (Fsp3) is 1.00. The van der Waals surface area contributed by atoms with Gasteiger partial charge in [0.1, 0.15) is 20.0 Å². The van der Waals surface area contributed by atoms with E-state index in [9.17, 15) is 0 Å². The Morgan fingerprint density at radius 2 is 0.800 bits per heavy atom. The average Bonchev–Trinajstić information content (AvgIpc) is 2.68. The lowest BCUT2D eigenvalue weighted by Gasteiger charge is -2.40. The lowest BCUT2D eigenvalue weighted by atomic mass is 10.1. The molecule has 1 aliphatic heterocycles. The Bertz CT molecular complexity index is 350. The number of hydroxylamine groups is 6. The summed E-state index contributed by atoms with van der Waals surface area (Å²) >= 11 is 13.0. The van der Waals surface area contributed by atoms with Crippen molar-refractivity contribution in [3.05, 3.63) is 0 Å². The molecular weight excluding hydrogens is 438 g/mol. The summed E-state index contributed by atoms with van der Waals surface area (Å²) in [5.41, 5.74) is 0. The first-order valence-corrected chi connectivity index (χ1v) is 13.3. The van der Waals surface area contributed by atoms with Crippen molar-refractivity contribution in [1.82, 2.24) is 15.2 Å². The minimum Gasteiger partial charge on any atom is -0.296 e. The van der Waals surface area contributed by atoms with Crippen LogP contribution in [0.3, 0.4) is 0 Å². The van der Waals surface area contributed by atoms with Crippen LogP contribution in [-0.2, 0) is 14.5 Å². The van der Waals surface area contributed by atoms with E-state index in [0.717, 1.165) is 55.8 Å². The van der Waals surface area contributed by atoms with Gasteiger partial charge in [0.05, 0.1) is 19.8 Å². The summed E-state index contributed by atoms with van der Waals surface area (Å²) in [5, 5.41) is 5.81. The van der Waals surface area contributed by atoms with E-state index in [0.29, 0.717) is 57.6 Å². The van der Waals surface area contributed by atoms with Gasteiger partial charge in [-0.2, -0.15) is 53.1 Å². The third-order valence-corrected chi connectivity index (χ3v) is 6.24. The molecule has 1 rings (SSSR count). The van der Waals surface area contributed by atoms with Gasteiger partial charge in [-0.1, -0.05) is 20.8 Å². The molecule has 0 aromatic heterocycles. The van der Waals surface area contributed by atoms with Crippen LogP contribution in [-0.4, -0.2) is 72.3 Å². The van der Waals surface area contributed by atoms with E-state index in [1.807, 2.05) is 15.2 Å². The highest BCUT2D eigenvalue weighted by molar-refractivity contribution is 7.80. The van der Waals surface area contributed by atoms with Crippen LogP contribution in [0.4, 0.5) is 0 Å². The average molecular weight is 484 g/mol. The molecule has 1 fully saturated rings. The highest BCUT2D eigenvalue weighted by atomic mass is 32.1. The molecule has 0 aliphatic carbocycles.